The predicted octanol–water partition coefficient (Wildman–Crippen LogP) is 1.08. The first-order chi connectivity index (χ1) is 9.13. The van der Waals surface area contributed by atoms with Crippen LogP contribution in [0.3, 0.4) is 0 Å². The summed E-state index contributed by atoms with van der Waals surface area (Å²) in [4.78, 5) is 17.1. The van der Waals surface area contributed by atoms with E-state index in [0.29, 0.717) is 18.9 Å². The summed E-state index contributed by atoms with van der Waals surface area (Å²) in [6, 6.07) is 3.81. The van der Waals surface area contributed by atoms with Gasteiger partial charge in [0.1, 0.15) is 5.76 Å². The van der Waals surface area contributed by atoms with Gasteiger partial charge in [-0.2, -0.15) is 0 Å². The van der Waals surface area contributed by atoms with Crippen molar-refractivity contribution in [2.75, 3.05) is 34.2 Å². The number of aliphatic imine (C=N–C) groups is 1. The van der Waals surface area contributed by atoms with Crippen LogP contribution in [0.25, 0.3) is 0 Å². The van der Waals surface area contributed by atoms with Gasteiger partial charge in [-0.05, 0) is 12.1 Å². The summed E-state index contributed by atoms with van der Waals surface area (Å²) >= 11 is 0. The van der Waals surface area contributed by atoms with Gasteiger partial charge in [0, 0.05) is 47.1 Å². The lowest BCUT2D eigenvalue weighted by molar-refractivity contribution is -0.128. The summed E-state index contributed by atoms with van der Waals surface area (Å²) in [5, 5.41) is 6.26. The number of furan rings is 1. The summed E-state index contributed by atoms with van der Waals surface area (Å²) in [6.07, 6.45) is 2.91. The van der Waals surface area contributed by atoms with Crippen LogP contribution in [0.1, 0.15) is 12.2 Å². The molecule has 20 heavy (non-hydrogen) atoms. The van der Waals surface area contributed by atoms with Crippen molar-refractivity contribution in [2.45, 2.75) is 12.8 Å². The van der Waals surface area contributed by atoms with Gasteiger partial charge in [0.25, 0.3) is 0 Å². The zero-order chi connectivity index (χ0) is 14.1. The number of amides is 1. The van der Waals surface area contributed by atoms with Crippen LogP contribution in [-0.2, 0) is 11.2 Å². The molecule has 0 atom stereocenters. The van der Waals surface area contributed by atoms with Gasteiger partial charge < -0.3 is 20.0 Å². The molecule has 6 nitrogen and oxygen atoms in total. The van der Waals surface area contributed by atoms with E-state index >= 15 is 0 Å². The number of hydrogen-bond acceptors (Lipinski definition) is 3. The van der Waals surface area contributed by atoms with Crippen molar-refractivity contribution >= 4 is 35.8 Å². The maximum Gasteiger partial charge on any atom is 0.223 e. The zero-order valence-electron chi connectivity index (χ0n) is 12.2. The molecule has 0 unspecified atom stereocenters. The van der Waals surface area contributed by atoms with Gasteiger partial charge in [0.2, 0.25) is 5.91 Å². The Bertz CT molecular complexity index is 405. The molecular weight excluding hydrogens is 371 g/mol. The molecule has 0 saturated carbocycles. The van der Waals surface area contributed by atoms with Crippen LogP contribution >= 0.6 is 24.0 Å². The van der Waals surface area contributed by atoms with Crippen molar-refractivity contribution in [1.82, 2.24) is 15.5 Å². The number of halogens is 1. The van der Waals surface area contributed by atoms with Crippen molar-refractivity contribution in [3.8, 4) is 0 Å². The maximum atomic E-state index is 11.4. The number of hydrogen-bond donors (Lipinski definition) is 2. The average Bonchev–Trinajstić information content (AvgIpc) is 2.89. The van der Waals surface area contributed by atoms with Crippen LogP contribution < -0.4 is 10.6 Å². The van der Waals surface area contributed by atoms with E-state index in [4.69, 9.17) is 4.42 Å². The number of carbonyl (C=O) groups excluding carboxylic acids is 1. The van der Waals surface area contributed by atoms with E-state index in [2.05, 4.69) is 15.6 Å². The third-order valence-electron chi connectivity index (χ3n) is 2.60. The molecule has 0 aromatic carbocycles. The normalized spacial score (nSPS) is 10.7. The highest BCUT2D eigenvalue weighted by atomic mass is 127. The molecule has 7 heteroatoms. The van der Waals surface area contributed by atoms with E-state index in [1.807, 2.05) is 12.1 Å². The molecule has 0 saturated heterocycles. The monoisotopic (exact) mass is 394 g/mol. The number of rotatable bonds is 6. The third-order valence-corrected chi connectivity index (χ3v) is 2.60. The standard InChI is InChI=1S/C13H22N4O2.HI/c1-14-13(16-9-7-12(18)17(2)3)15-8-6-11-5-4-10-19-11;/h4-5,10H,6-9H2,1-3H3,(H2,14,15,16);1H. The van der Waals surface area contributed by atoms with E-state index in [1.165, 1.54) is 0 Å². The van der Waals surface area contributed by atoms with Crippen molar-refractivity contribution in [3.63, 3.8) is 0 Å². The fourth-order valence-corrected chi connectivity index (χ4v) is 1.49. The predicted molar refractivity (Wildman–Crippen MR) is 90.5 cm³/mol. The quantitative estimate of drug-likeness (QED) is 0.431. The summed E-state index contributed by atoms with van der Waals surface area (Å²) in [5.41, 5.74) is 0. The van der Waals surface area contributed by atoms with Gasteiger partial charge >= 0.3 is 0 Å². The SMILES string of the molecule is CN=C(NCCC(=O)N(C)C)NCCc1ccco1.I. The van der Waals surface area contributed by atoms with Crippen LogP contribution in [0.15, 0.2) is 27.8 Å². The Labute approximate surface area is 137 Å². The molecule has 0 bridgehead atoms. The van der Waals surface area contributed by atoms with Crippen LogP contribution in [0.5, 0.6) is 0 Å². The molecule has 0 aliphatic rings. The first kappa shape index (κ1) is 18.8. The molecule has 0 radical (unpaired) electrons. The van der Waals surface area contributed by atoms with Crippen LogP contribution in [0.2, 0.25) is 0 Å². The maximum absolute atomic E-state index is 11.4. The highest BCUT2D eigenvalue weighted by Gasteiger charge is 2.04. The fourth-order valence-electron chi connectivity index (χ4n) is 1.49. The van der Waals surface area contributed by atoms with Gasteiger partial charge in [-0.3, -0.25) is 9.79 Å². The second-order valence-corrected chi connectivity index (χ2v) is 4.29. The smallest absolute Gasteiger partial charge is 0.223 e. The number of carbonyl (C=O) groups is 1. The van der Waals surface area contributed by atoms with Gasteiger partial charge in [-0.15, -0.1) is 24.0 Å². The second kappa shape index (κ2) is 10.5. The highest BCUT2D eigenvalue weighted by molar-refractivity contribution is 14.0. The number of nitrogens with one attached hydrogen (secondary N) is 2. The largest absolute Gasteiger partial charge is 0.469 e. The molecule has 0 aliphatic heterocycles. The first-order valence-corrected chi connectivity index (χ1v) is 6.30. The Hall–Kier alpha value is -1.25. The molecule has 1 rings (SSSR count). The van der Waals surface area contributed by atoms with E-state index in [0.717, 1.165) is 18.7 Å². The van der Waals surface area contributed by atoms with E-state index in [9.17, 15) is 4.79 Å². The van der Waals surface area contributed by atoms with Crippen LogP contribution in [0.4, 0.5) is 0 Å². The number of nitrogens with zero attached hydrogens (tertiary/aromatic N) is 2. The molecule has 1 aromatic rings. The van der Waals surface area contributed by atoms with Crippen LogP contribution in [-0.4, -0.2) is 51.0 Å². The highest BCUT2D eigenvalue weighted by Crippen LogP contribution is 1.99. The second-order valence-electron chi connectivity index (χ2n) is 4.29. The molecule has 1 heterocycles. The molecule has 1 amide bonds. The summed E-state index contributed by atoms with van der Waals surface area (Å²) in [6.45, 7) is 1.30. The minimum Gasteiger partial charge on any atom is -0.469 e. The Kier molecular flexibility index (Phi) is 9.87. The fraction of sp³-hybridized carbons (Fsp3) is 0.538. The topological polar surface area (TPSA) is 69.9 Å². The van der Waals surface area contributed by atoms with Gasteiger partial charge in [0.15, 0.2) is 5.96 Å². The zero-order valence-corrected chi connectivity index (χ0v) is 14.5. The summed E-state index contributed by atoms with van der Waals surface area (Å²) in [5.74, 6) is 1.72. The van der Waals surface area contributed by atoms with Gasteiger partial charge in [0.05, 0.1) is 6.26 Å². The average molecular weight is 394 g/mol. The van der Waals surface area contributed by atoms with E-state index < -0.39 is 0 Å². The Morgan fingerprint density at radius 1 is 1.35 bits per heavy atom. The molecule has 0 spiro atoms. The Balaban J connectivity index is 0.00000361. The molecule has 0 fully saturated rings. The van der Waals surface area contributed by atoms with Crippen molar-refractivity contribution < 1.29 is 9.21 Å². The molecule has 1 aromatic heterocycles. The minimum atomic E-state index is 0. The first-order valence-electron chi connectivity index (χ1n) is 6.30. The molecule has 2 N–H and O–H groups in total. The lowest BCUT2D eigenvalue weighted by Gasteiger charge is -2.13. The molecule has 0 aliphatic carbocycles. The lowest BCUT2D eigenvalue weighted by Crippen LogP contribution is -2.40. The summed E-state index contributed by atoms with van der Waals surface area (Å²) in [7, 11) is 5.20. The van der Waals surface area contributed by atoms with Gasteiger partial charge in [-0.25, -0.2) is 0 Å². The molecular formula is C13H23IN4O2. The number of guanidine groups is 1. The lowest BCUT2D eigenvalue weighted by atomic mass is 10.3. The Morgan fingerprint density at radius 2 is 2.05 bits per heavy atom. The third kappa shape index (κ3) is 7.37. The van der Waals surface area contributed by atoms with E-state index in [-0.39, 0.29) is 29.9 Å². The van der Waals surface area contributed by atoms with E-state index in [1.54, 1.807) is 32.3 Å². The summed E-state index contributed by atoms with van der Waals surface area (Å²) < 4.78 is 5.24. The van der Waals surface area contributed by atoms with Crippen molar-refractivity contribution in [2.24, 2.45) is 4.99 Å². The van der Waals surface area contributed by atoms with Crippen molar-refractivity contribution in [3.05, 3.63) is 24.2 Å². The molecule has 114 valence electrons. The van der Waals surface area contributed by atoms with Crippen LogP contribution in [0, 0.1) is 0 Å². The van der Waals surface area contributed by atoms with Gasteiger partial charge in [-0.1, -0.05) is 0 Å². The Morgan fingerprint density at radius 3 is 2.60 bits per heavy atom. The van der Waals surface area contributed by atoms with Crippen molar-refractivity contribution in [1.29, 1.82) is 0 Å². The minimum absolute atomic E-state index is 0.